The number of hydrogen-bond acceptors (Lipinski definition) is 2. The monoisotopic (exact) mass is 187 g/mol. The van der Waals surface area contributed by atoms with Crippen LogP contribution in [-0.4, -0.2) is 4.98 Å². The molecular formula is C12H13NO. The molecule has 0 aliphatic carbocycles. The lowest BCUT2D eigenvalue weighted by molar-refractivity contribution is 0.542. The van der Waals surface area contributed by atoms with E-state index >= 15 is 0 Å². The molecule has 1 aromatic rings. The second-order valence-electron chi connectivity index (χ2n) is 2.74. The number of aryl methyl sites for hydroxylation is 1. The highest BCUT2D eigenvalue weighted by atomic mass is 16.3. The van der Waals surface area contributed by atoms with Gasteiger partial charge in [0.15, 0.2) is 0 Å². The van der Waals surface area contributed by atoms with Gasteiger partial charge in [-0.25, -0.2) is 4.98 Å². The van der Waals surface area contributed by atoms with Gasteiger partial charge < -0.3 is 4.42 Å². The first-order chi connectivity index (χ1) is 6.77. The van der Waals surface area contributed by atoms with Crippen LogP contribution in [0.3, 0.4) is 0 Å². The molecule has 0 saturated carbocycles. The van der Waals surface area contributed by atoms with E-state index in [2.05, 4.69) is 18.1 Å². The number of oxazole rings is 1. The molecule has 0 bridgehead atoms. The average Bonchev–Trinajstić information content (AvgIpc) is 2.60. The second-order valence-corrected chi connectivity index (χ2v) is 2.74. The Balaban J connectivity index is 2.92. The molecule has 2 nitrogen and oxygen atoms in total. The topological polar surface area (TPSA) is 26.0 Å². The van der Waals surface area contributed by atoms with Crippen LogP contribution >= 0.6 is 0 Å². The quantitative estimate of drug-likeness (QED) is 0.676. The minimum atomic E-state index is 0.589. The van der Waals surface area contributed by atoms with E-state index in [0.29, 0.717) is 5.89 Å². The Labute approximate surface area is 84.0 Å². The molecule has 0 aromatic carbocycles. The van der Waals surface area contributed by atoms with E-state index in [1.54, 1.807) is 18.4 Å². The van der Waals surface area contributed by atoms with Gasteiger partial charge in [0.1, 0.15) is 6.26 Å². The van der Waals surface area contributed by atoms with Gasteiger partial charge in [0.2, 0.25) is 5.89 Å². The minimum Gasteiger partial charge on any atom is -0.444 e. The van der Waals surface area contributed by atoms with Gasteiger partial charge in [0.05, 0.1) is 5.69 Å². The Morgan fingerprint density at radius 2 is 2.21 bits per heavy atom. The van der Waals surface area contributed by atoms with Crippen LogP contribution in [0.2, 0.25) is 0 Å². The van der Waals surface area contributed by atoms with E-state index in [4.69, 9.17) is 4.42 Å². The summed E-state index contributed by atoms with van der Waals surface area (Å²) in [5, 5.41) is 0. The number of rotatable bonds is 4. The fourth-order valence-electron chi connectivity index (χ4n) is 0.951. The molecule has 14 heavy (non-hydrogen) atoms. The zero-order chi connectivity index (χ0) is 10.4. The van der Waals surface area contributed by atoms with E-state index in [9.17, 15) is 0 Å². The zero-order valence-electron chi connectivity index (χ0n) is 8.23. The first-order valence-electron chi connectivity index (χ1n) is 4.32. The highest BCUT2D eigenvalue weighted by Crippen LogP contribution is 2.14. The summed E-state index contributed by atoms with van der Waals surface area (Å²) in [7, 11) is 0. The molecule has 0 atom stereocenters. The van der Waals surface area contributed by atoms with Gasteiger partial charge in [0, 0.05) is 5.57 Å². The number of nitrogens with zero attached hydrogens (tertiary/aromatic N) is 1. The lowest BCUT2D eigenvalue weighted by Crippen LogP contribution is -1.79. The Morgan fingerprint density at radius 3 is 2.71 bits per heavy atom. The highest BCUT2D eigenvalue weighted by molar-refractivity contribution is 5.69. The first kappa shape index (κ1) is 10.3. The van der Waals surface area contributed by atoms with Crippen LogP contribution in [0.1, 0.15) is 11.6 Å². The van der Waals surface area contributed by atoms with Crippen molar-refractivity contribution in [2.45, 2.75) is 6.92 Å². The minimum absolute atomic E-state index is 0.589. The highest BCUT2D eigenvalue weighted by Gasteiger charge is 2.02. The molecule has 72 valence electrons. The van der Waals surface area contributed by atoms with Gasteiger partial charge >= 0.3 is 0 Å². The summed E-state index contributed by atoms with van der Waals surface area (Å²) in [6.07, 6.45) is 10.6. The molecule has 1 rings (SSSR count). The Bertz CT molecular complexity index is 383. The SMILES string of the molecule is C=C/C=C\C=C(/C=C)c1nc(C)co1. The van der Waals surface area contributed by atoms with E-state index in [1.165, 1.54) is 0 Å². The standard InChI is InChI=1S/C12H13NO/c1-4-6-7-8-11(5-2)12-13-10(3)9-14-12/h4-9H,1-2H2,3H3/b7-6-,11-8+. The Kier molecular flexibility index (Phi) is 3.68. The predicted octanol–water partition coefficient (Wildman–Crippen LogP) is 3.29. The molecular weight excluding hydrogens is 174 g/mol. The van der Waals surface area contributed by atoms with Gasteiger partial charge in [-0.3, -0.25) is 0 Å². The van der Waals surface area contributed by atoms with Crippen molar-refractivity contribution in [3.63, 3.8) is 0 Å². The largest absolute Gasteiger partial charge is 0.444 e. The maximum atomic E-state index is 5.24. The molecule has 0 spiro atoms. The summed E-state index contributed by atoms with van der Waals surface area (Å²) in [6.45, 7) is 9.16. The average molecular weight is 187 g/mol. The van der Waals surface area contributed by atoms with Gasteiger partial charge in [-0.15, -0.1) is 0 Å². The number of aromatic nitrogens is 1. The predicted molar refractivity (Wildman–Crippen MR) is 58.8 cm³/mol. The van der Waals surface area contributed by atoms with Crippen molar-refractivity contribution < 1.29 is 4.42 Å². The van der Waals surface area contributed by atoms with E-state index < -0.39 is 0 Å². The normalized spacial score (nSPS) is 11.9. The van der Waals surface area contributed by atoms with Crippen LogP contribution in [0.4, 0.5) is 0 Å². The fraction of sp³-hybridized carbons (Fsp3) is 0.0833. The zero-order valence-corrected chi connectivity index (χ0v) is 8.23. The van der Waals surface area contributed by atoms with E-state index in [1.807, 2.05) is 25.2 Å². The molecule has 1 heterocycles. The summed E-state index contributed by atoms with van der Waals surface area (Å²) < 4.78 is 5.24. The lowest BCUT2D eigenvalue weighted by atomic mass is 10.2. The van der Waals surface area contributed by atoms with E-state index in [0.717, 1.165) is 11.3 Å². The third kappa shape index (κ3) is 2.59. The first-order valence-corrected chi connectivity index (χ1v) is 4.32. The summed E-state index contributed by atoms with van der Waals surface area (Å²) in [4.78, 5) is 4.19. The van der Waals surface area contributed by atoms with Crippen LogP contribution in [-0.2, 0) is 0 Å². The molecule has 0 aliphatic rings. The van der Waals surface area contributed by atoms with E-state index in [-0.39, 0.29) is 0 Å². The molecule has 0 radical (unpaired) electrons. The Hall–Kier alpha value is -1.83. The maximum Gasteiger partial charge on any atom is 0.226 e. The van der Waals surface area contributed by atoms with Crippen LogP contribution in [0.25, 0.3) is 5.57 Å². The molecule has 0 N–H and O–H groups in total. The fourth-order valence-corrected chi connectivity index (χ4v) is 0.951. The van der Waals surface area contributed by atoms with Gasteiger partial charge in [0.25, 0.3) is 0 Å². The van der Waals surface area contributed by atoms with Crippen molar-refractivity contribution in [1.82, 2.24) is 4.98 Å². The molecule has 0 aliphatic heterocycles. The second kappa shape index (κ2) is 5.02. The van der Waals surface area contributed by atoms with Crippen LogP contribution < -0.4 is 0 Å². The smallest absolute Gasteiger partial charge is 0.226 e. The third-order valence-corrected chi connectivity index (χ3v) is 1.61. The van der Waals surface area contributed by atoms with Crippen molar-refractivity contribution in [1.29, 1.82) is 0 Å². The lowest BCUT2D eigenvalue weighted by Gasteiger charge is -1.91. The maximum absolute atomic E-state index is 5.24. The van der Waals surface area contributed by atoms with Crippen LogP contribution in [0.15, 0.2) is 54.2 Å². The van der Waals surface area contributed by atoms with Gasteiger partial charge in [-0.1, -0.05) is 37.5 Å². The molecule has 1 aromatic heterocycles. The Morgan fingerprint density at radius 1 is 1.43 bits per heavy atom. The summed E-state index contributed by atoms with van der Waals surface area (Å²) in [6, 6.07) is 0. The van der Waals surface area contributed by atoms with Crippen molar-refractivity contribution >= 4 is 5.57 Å². The molecule has 0 unspecified atom stereocenters. The van der Waals surface area contributed by atoms with Crippen molar-refractivity contribution in [2.75, 3.05) is 0 Å². The molecule has 0 amide bonds. The molecule has 2 heteroatoms. The van der Waals surface area contributed by atoms with Gasteiger partial charge in [-0.05, 0) is 13.0 Å². The van der Waals surface area contributed by atoms with Crippen molar-refractivity contribution in [3.05, 3.63) is 61.4 Å². The number of allylic oxidation sites excluding steroid dienone is 6. The van der Waals surface area contributed by atoms with Crippen LogP contribution in [0.5, 0.6) is 0 Å². The van der Waals surface area contributed by atoms with Crippen molar-refractivity contribution in [2.24, 2.45) is 0 Å². The summed E-state index contributed by atoms with van der Waals surface area (Å²) >= 11 is 0. The third-order valence-electron chi connectivity index (χ3n) is 1.61. The summed E-state index contributed by atoms with van der Waals surface area (Å²) in [5.41, 5.74) is 1.72. The van der Waals surface area contributed by atoms with Crippen molar-refractivity contribution in [3.8, 4) is 0 Å². The van der Waals surface area contributed by atoms with Crippen LogP contribution in [0, 0.1) is 6.92 Å². The number of hydrogen-bond donors (Lipinski definition) is 0. The molecule has 0 saturated heterocycles. The summed E-state index contributed by atoms with van der Waals surface area (Å²) in [5.74, 6) is 0.589. The molecule has 0 fully saturated rings. The van der Waals surface area contributed by atoms with Gasteiger partial charge in [-0.2, -0.15) is 0 Å².